The molecule has 3 unspecified atom stereocenters. The summed E-state index contributed by atoms with van der Waals surface area (Å²) in [6, 6.07) is 0.240. The van der Waals surface area contributed by atoms with Crippen molar-refractivity contribution in [2.24, 2.45) is 11.3 Å². The summed E-state index contributed by atoms with van der Waals surface area (Å²) in [7, 11) is 1.73. The highest BCUT2D eigenvalue weighted by molar-refractivity contribution is 5.79. The molecule has 2 N–H and O–H groups in total. The van der Waals surface area contributed by atoms with Gasteiger partial charge in [-0.25, -0.2) is 0 Å². The van der Waals surface area contributed by atoms with Crippen molar-refractivity contribution >= 4 is 5.91 Å². The summed E-state index contributed by atoms with van der Waals surface area (Å²) in [4.78, 5) is 11.9. The van der Waals surface area contributed by atoms with E-state index in [2.05, 4.69) is 24.5 Å². The molecule has 4 nitrogen and oxygen atoms in total. The lowest BCUT2D eigenvalue weighted by Gasteiger charge is -2.51. The number of hydrogen-bond donors (Lipinski definition) is 2. The van der Waals surface area contributed by atoms with Gasteiger partial charge in [-0.15, -0.1) is 0 Å². The molecule has 0 aromatic carbocycles. The van der Waals surface area contributed by atoms with Crippen molar-refractivity contribution in [2.75, 3.05) is 20.2 Å². The Labute approximate surface area is 104 Å². The molecule has 17 heavy (non-hydrogen) atoms. The van der Waals surface area contributed by atoms with Crippen molar-refractivity contribution in [3.05, 3.63) is 0 Å². The highest BCUT2D eigenvalue weighted by Crippen LogP contribution is 2.42. The number of methoxy groups -OCH3 is 1. The van der Waals surface area contributed by atoms with Crippen LogP contribution in [0.4, 0.5) is 0 Å². The average molecular weight is 242 g/mol. The topological polar surface area (TPSA) is 50.4 Å². The van der Waals surface area contributed by atoms with Gasteiger partial charge in [0, 0.05) is 31.0 Å². The molecule has 1 aliphatic rings. The van der Waals surface area contributed by atoms with E-state index in [1.165, 1.54) is 0 Å². The van der Waals surface area contributed by atoms with Crippen LogP contribution < -0.4 is 10.6 Å². The predicted molar refractivity (Wildman–Crippen MR) is 68.8 cm³/mol. The maximum atomic E-state index is 11.9. The monoisotopic (exact) mass is 242 g/mol. The molecular formula is C13H26N2O2. The SMILES string of the molecule is CCNCC(C)C(=O)NC1CC(OC)C1(C)C. The van der Waals surface area contributed by atoms with E-state index in [1.54, 1.807) is 7.11 Å². The zero-order valence-electron chi connectivity index (χ0n) is 11.7. The molecule has 0 radical (unpaired) electrons. The molecule has 0 aliphatic heterocycles. The predicted octanol–water partition coefficient (Wildman–Crippen LogP) is 1.16. The van der Waals surface area contributed by atoms with E-state index in [1.807, 2.05) is 13.8 Å². The van der Waals surface area contributed by atoms with Crippen molar-refractivity contribution in [3.63, 3.8) is 0 Å². The normalized spacial score (nSPS) is 28.3. The fourth-order valence-electron chi connectivity index (χ4n) is 2.30. The molecule has 1 fully saturated rings. The molecule has 100 valence electrons. The number of nitrogens with one attached hydrogen (secondary N) is 2. The molecule has 1 aliphatic carbocycles. The summed E-state index contributed by atoms with van der Waals surface area (Å²) in [6.45, 7) is 9.93. The lowest BCUT2D eigenvalue weighted by molar-refractivity contribution is -0.135. The summed E-state index contributed by atoms with van der Waals surface area (Å²) >= 11 is 0. The van der Waals surface area contributed by atoms with Gasteiger partial charge in [0.05, 0.1) is 6.10 Å². The van der Waals surface area contributed by atoms with Crippen LogP contribution in [0.2, 0.25) is 0 Å². The Balaban J connectivity index is 2.38. The van der Waals surface area contributed by atoms with Gasteiger partial charge in [-0.05, 0) is 13.0 Å². The molecular weight excluding hydrogens is 216 g/mol. The summed E-state index contributed by atoms with van der Waals surface area (Å²) in [5, 5.41) is 6.31. The summed E-state index contributed by atoms with van der Waals surface area (Å²) in [5.74, 6) is 0.158. The Kier molecular flexibility index (Phi) is 4.95. The lowest BCUT2D eigenvalue weighted by Crippen LogP contribution is -2.62. The third-order valence-electron chi connectivity index (χ3n) is 3.93. The van der Waals surface area contributed by atoms with Crippen LogP contribution in [0.5, 0.6) is 0 Å². The number of carbonyl (C=O) groups is 1. The third kappa shape index (κ3) is 3.19. The molecule has 3 atom stereocenters. The van der Waals surface area contributed by atoms with Crippen molar-refractivity contribution in [3.8, 4) is 0 Å². The van der Waals surface area contributed by atoms with Gasteiger partial charge in [-0.1, -0.05) is 27.7 Å². The van der Waals surface area contributed by atoms with Crippen molar-refractivity contribution in [1.29, 1.82) is 0 Å². The fourth-order valence-corrected chi connectivity index (χ4v) is 2.30. The number of hydrogen-bond acceptors (Lipinski definition) is 3. The average Bonchev–Trinajstić information content (AvgIpc) is 2.30. The van der Waals surface area contributed by atoms with Gasteiger partial charge in [-0.2, -0.15) is 0 Å². The highest BCUT2D eigenvalue weighted by atomic mass is 16.5. The molecule has 0 spiro atoms. The summed E-state index contributed by atoms with van der Waals surface area (Å²) in [5.41, 5.74) is 0.0440. The maximum absolute atomic E-state index is 11.9. The second kappa shape index (κ2) is 5.83. The van der Waals surface area contributed by atoms with E-state index >= 15 is 0 Å². The van der Waals surface area contributed by atoms with E-state index in [4.69, 9.17) is 4.74 Å². The first-order valence-corrected chi connectivity index (χ1v) is 6.47. The standard InChI is InChI=1S/C13H26N2O2/c1-6-14-8-9(2)12(16)15-10-7-11(17-5)13(10,3)4/h9-11,14H,6-8H2,1-5H3,(H,15,16). The van der Waals surface area contributed by atoms with Crippen molar-refractivity contribution in [1.82, 2.24) is 10.6 Å². The van der Waals surface area contributed by atoms with Crippen LogP contribution >= 0.6 is 0 Å². The van der Waals surface area contributed by atoms with Gasteiger partial charge in [0.1, 0.15) is 0 Å². The van der Waals surface area contributed by atoms with E-state index in [9.17, 15) is 4.79 Å². The third-order valence-corrected chi connectivity index (χ3v) is 3.93. The molecule has 1 amide bonds. The number of carbonyl (C=O) groups excluding carboxylic acids is 1. The van der Waals surface area contributed by atoms with Crippen LogP contribution in [-0.2, 0) is 9.53 Å². The molecule has 0 bridgehead atoms. The molecule has 1 rings (SSSR count). The van der Waals surface area contributed by atoms with E-state index in [0.29, 0.717) is 0 Å². The minimum absolute atomic E-state index is 0.0207. The van der Waals surface area contributed by atoms with Crippen LogP contribution in [0.1, 0.15) is 34.1 Å². The van der Waals surface area contributed by atoms with Gasteiger partial charge in [0.15, 0.2) is 0 Å². The molecule has 1 saturated carbocycles. The first-order chi connectivity index (χ1) is 7.93. The quantitative estimate of drug-likeness (QED) is 0.735. The van der Waals surface area contributed by atoms with Crippen molar-refractivity contribution in [2.45, 2.75) is 46.3 Å². The highest BCUT2D eigenvalue weighted by Gasteiger charge is 2.49. The smallest absolute Gasteiger partial charge is 0.224 e. The molecule has 0 heterocycles. The number of ether oxygens (including phenoxy) is 1. The fraction of sp³-hybridized carbons (Fsp3) is 0.923. The number of rotatable bonds is 6. The zero-order valence-corrected chi connectivity index (χ0v) is 11.7. The van der Waals surface area contributed by atoms with Crippen LogP contribution in [0, 0.1) is 11.3 Å². The summed E-state index contributed by atoms with van der Waals surface area (Å²) in [6.07, 6.45) is 1.18. The Morgan fingerprint density at radius 2 is 2.18 bits per heavy atom. The minimum atomic E-state index is 0.0207. The van der Waals surface area contributed by atoms with Gasteiger partial charge < -0.3 is 15.4 Å². The second-order valence-corrected chi connectivity index (χ2v) is 5.55. The van der Waals surface area contributed by atoms with E-state index in [0.717, 1.165) is 19.5 Å². The minimum Gasteiger partial charge on any atom is -0.381 e. The second-order valence-electron chi connectivity index (χ2n) is 5.55. The maximum Gasteiger partial charge on any atom is 0.224 e. The van der Waals surface area contributed by atoms with Gasteiger partial charge in [0.25, 0.3) is 0 Å². The molecule has 4 heteroatoms. The summed E-state index contributed by atoms with van der Waals surface area (Å²) < 4.78 is 5.37. The molecule has 0 aromatic heterocycles. The largest absolute Gasteiger partial charge is 0.381 e. The first-order valence-electron chi connectivity index (χ1n) is 6.47. The van der Waals surface area contributed by atoms with E-state index in [-0.39, 0.29) is 29.4 Å². The Bertz CT molecular complexity index is 266. The van der Waals surface area contributed by atoms with Crippen molar-refractivity contribution < 1.29 is 9.53 Å². The van der Waals surface area contributed by atoms with E-state index < -0.39 is 0 Å². The molecule has 0 saturated heterocycles. The van der Waals surface area contributed by atoms with Crippen LogP contribution in [0.25, 0.3) is 0 Å². The number of amides is 1. The first kappa shape index (κ1) is 14.5. The Morgan fingerprint density at radius 3 is 2.65 bits per heavy atom. The van der Waals surface area contributed by atoms with Crippen LogP contribution in [0.3, 0.4) is 0 Å². The molecule has 0 aromatic rings. The Hall–Kier alpha value is -0.610. The van der Waals surface area contributed by atoms with Gasteiger partial charge in [-0.3, -0.25) is 4.79 Å². The van der Waals surface area contributed by atoms with Gasteiger partial charge in [0.2, 0.25) is 5.91 Å². The van der Waals surface area contributed by atoms with Gasteiger partial charge >= 0.3 is 0 Å². The zero-order chi connectivity index (χ0) is 13.1. The van der Waals surface area contributed by atoms with Crippen LogP contribution in [0.15, 0.2) is 0 Å². The Morgan fingerprint density at radius 1 is 1.53 bits per heavy atom. The van der Waals surface area contributed by atoms with Crippen LogP contribution in [-0.4, -0.2) is 38.3 Å². The lowest BCUT2D eigenvalue weighted by atomic mass is 9.64.